The summed E-state index contributed by atoms with van der Waals surface area (Å²) < 4.78 is 0.714. The average molecular weight is 302 g/mol. The van der Waals surface area contributed by atoms with Gasteiger partial charge in [0, 0.05) is 13.6 Å². The summed E-state index contributed by atoms with van der Waals surface area (Å²) >= 11 is 3.36. The Morgan fingerprint density at radius 1 is 1.41 bits per heavy atom. The van der Waals surface area contributed by atoms with Gasteiger partial charge in [-0.3, -0.25) is 4.79 Å². The maximum atomic E-state index is 11.4. The summed E-state index contributed by atoms with van der Waals surface area (Å²) in [5.74, 6) is 1.22. The lowest BCUT2D eigenvalue weighted by Crippen LogP contribution is -2.30. The third-order valence-corrected chi connectivity index (χ3v) is 2.77. The lowest BCUT2D eigenvalue weighted by Gasteiger charge is -2.09. The first kappa shape index (κ1) is 13.7. The molecule has 1 amide bonds. The normalized spacial score (nSPS) is 9.82. The fourth-order valence-corrected chi connectivity index (χ4v) is 1.70. The van der Waals surface area contributed by atoms with E-state index >= 15 is 0 Å². The van der Waals surface area contributed by atoms with Crippen molar-refractivity contribution in [1.29, 1.82) is 0 Å². The fourth-order valence-electron chi connectivity index (χ4n) is 1.16. The topological polar surface area (TPSA) is 78.9 Å². The molecular weight excluding hydrogens is 286 g/mol. The zero-order chi connectivity index (χ0) is 12.7. The second-order valence-electron chi connectivity index (χ2n) is 3.34. The van der Waals surface area contributed by atoms with E-state index in [0.29, 0.717) is 22.7 Å². The molecule has 1 heterocycles. The molecule has 1 aromatic heterocycles. The van der Waals surface area contributed by atoms with Gasteiger partial charge in [0.2, 0.25) is 5.91 Å². The number of halogens is 1. The number of anilines is 2. The summed E-state index contributed by atoms with van der Waals surface area (Å²) in [5, 5.41) is 8.64. The quantitative estimate of drug-likeness (QED) is 0.736. The molecule has 0 aliphatic rings. The van der Waals surface area contributed by atoms with Crippen LogP contribution in [0.1, 0.15) is 13.3 Å². The van der Waals surface area contributed by atoms with E-state index in [2.05, 4.69) is 41.8 Å². The molecule has 94 valence electrons. The Kier molecular flexibility index (Phi) is 5.68. The lowest BCUT2D eigenvalue weighted by atomic mass is 10.4. The van der Waals surface area contributed by atoms with Crippen molar-refractivity contribution in [1.82, 2.24) is 15.3 Å². The van der Waals surface area contributed by atoms with Gasteiger partial charge in [-0.05, 0) is 22.4 Å². The zero-order valence-corrected chi connectivity index (χ0v) is 11.5. The maximum Gasteiger partial charge on any atom is 0.239 e. The molecule has 0 aliphatic carbocycles. The first-order valence-corrected chi connectivity index (χ1v) is 6.17. The molecule has 0 spiro atoms. The molecule has 0 aromatic carbocycles. The molecule has 0 saturated heterocycles. The molecule has 6 nitrogen and oxygen atoms in total. The highest BCUT2D eigenvalue weighted by atomic mass is 79.9. The summed E-state index contributed by atoms with van der Waals surface area (Å²) in [7, 11) is 1.77. The van der Waals surface area contributed by atoms with Gasteiger partial charge in [0.1, 0.15) is 22.4 Å². The smallest absolute Gasteiger partial charge is 0.239 e. The third-order valence-electron chi connectivity index (χ3n) is 2.01. The molecule has 0 aliphatic heterocycles. The van der Waals surface area contributed by atoms with Crippen LogP contribution >= 0.6 is 15.9 Å². The molecule has 0 saturated carbocycles. The van der Waals surface area contributed by atoms with Crippen LogP contribution in [0.2, 0.25) is 0 Å². The number of carbonyl (C=O) groups is 1. The van der Waals surface area contributed by atoms with Crippen molar-refractivity contribution in [2.24, 2.45) is 0 Å². The Labute approximate surface area is 109 Å². The van der Waals surface area contributed by atoms with E-state index in [4.69, 9.17) is 0 Å². The second-order valence-corrected chi connectivity index (χ2v) is 4.13. The van der Waals surface area contributed by atoms with Gasteiger partial charge in [-0.1, -0.05) is 6.92 Å². The van der Waals surface area contributed by atoms with Crippen LogP contribution in [0.5, 0.6) is 0 Å². The predicted molar refractivity (Wildman–Crippen MR) is 71.1 cm³/mol. The number of nitrogens with one attached hydrogen (secondary N) is 3. The molecule has 17 heavy (non-hydrogen) atoms. The Bertz CT molecular complexity index is 385. The number of rotatable bonds is 6. The highest BCUT2D eigenvalue weighted by Crippen LogP contribution is 2.25. The van der Waals surface area contributed by atoms with E-state index in [0.717, 1.165) is 6.42 Å². The summed E-state index contributed by atoms with van der Waals surface area (Å²) in [4.78, 5) is 19.5. The molecule has 0 radical (unpaired) electrons. The van der Waals surface area contributed by atoms with E-state index in [1.54, 1.807) is 7.05 Å². The van der Waals surface area contributed by atoms with Gasteiger partial charge in [-0.15, -0.1) is 0 Å². The Balaban J connectivity index is 2.54. The monoisotopic (exact) mass is 301 g/mol. The standard InChI is InChI=1S/C10H16BrN5O/c1-3-4-13-7(17)5-14-10-8(11)9(12-2)15-6-16-10/h6H,3-5H2,1-2H3,(H,13,17)(H2,12,14,15,16). The molecule has 0 unspecified atom stereocenters. The minimum absolute atomic E-state index is 0.0524. The summed E-state index contributed by atoms with van der Waals surface area (Å²) in [5.41, 5.74) is 0. The van der Waals surface area contributed by atoms with Gasteiger partial charge in [-0.25, -0.2) is 9.97 Å². The average Bonchev–Trinajstić information content (AvgIpc) is 2.35. The van der Waals surface area contributed by atoms with Gasteiger partial charge in [0.25, 0.3) is 0 Å². The van der Waals surface area contributed by atoms with Gasteiger partial charge < -0.3 is 16.0 Å². The maximum absolute atomic E-state index is 11.4. The first-order valence-electron chi connectivity index (χ1n) is 5.37. The van der Waals surface area contributed by atoms with E-state index < -0.39 is 0 Å². The van der Waals surface area contributed by atoms with Crippen molar-refractivity contribution in [3.05, 3.63) is 10.8 Å². The summed E-state index contributed by atoms with van der Waals surface area (Å²) in [6.45, 7) is 2.89. The van der Waals surface area contributed by atoms with Crippen molar-refractivity contribution in [3.63, 3.8) is 0 Å². The van der Waals surface area contributed by atoms with Gasteiger partial charge >= 0.3 is 0 Å². The fraction of sp³-hybridized carbons (Fsp3) is 0.500. The van der Waals surface area contributed by atoms with Crippen LogP contribution in [-0.2, 0) is 4.79 Å². The van der Waals surface area contributed by atoms with Crippen molar-refractivity contribution in [2.45, 2.75) is 13.3 Å². The third kappa shape index (κ3) is 4.18. The van der Waals surface area contributed by atoms with Crippen molar-refractivity contribution < 1.29 is 4.79 Å². The van der Waals surface area contributed by atoms with Gasteiger partial charge in [-0.2, -0.15) is 0 Å². The number of amides is 1. The predicted octanol–water partition coefficient (Wildman–Crippen LogP) is 1.22. The van der Waals surface area contributed by atoms with Gasteiger partial charge in [0.15, 0.2) is 0 Å². The number of aromatic nitrogens is 2. The Hall–Kier alpha value is -1.37. The highest BCUT2D eigenvalue weighted by Gasteiger charge is 2.08. The zero-order valence-electron chi connectivity index (χ0n) is 9.88. The van der Waals surface area contributed by atoms with Crippen LogP contribution in [0.25, 0.3) is 0 Å². The van der Waals surface area contributed by atoms with Crippen molar-refractivity contribution >= 4 is 33.5 Å². The molecule has 0 atom stereocenters. The molecule has 0 fully saturated rings. The van der Waals surface area contributed by atoms with E-state index in [-0.39, 0.29) is 12.5 Å². The highest BCUT2D eigenvalue weighted by molar-refractivity contribution is 9.10. The van der Waals surface area contributed by atoms with E-state index in [1.807, 2.05) is 6.92 Å². The van der Waals surface area contributed by atoms with E-state index in [1.165, 1.54) is 6.33 Å². The van der Waals surface area contributed by atoms with Crippen LogP contribution in [-0.4, -0.2) is 36.0 Å². The molecule has 7 heteroatoms. The first-order chi connectivity index (χ1) is 8.19. The van der Waals surface area contributed by atoms with Crippen LogP contribution in [0.4, 0.5) is 11.6 Å². The molecule has 1 aromatic rings. The molecule has 0 bridgehead atoms. The van der Waals surface area contributed by atoms with Crippen LogP contribution in [0.3, 0.4) is 0 Å². The summed E-state index contributed by atoms with van der Waals surface area (Å²) in [6.07, 6.45) is 2.36. The number of nitrogens with zero attached hydrogens (tertiary/aromatic N) is 2. The number of hydrogen-bond donors (Lipinski definition) is 3. The molecular formula is C10H16BrN5O. The lowest BCUT2D eigenvalue weighted by molar-refractivity contribution is -0.119. The Morgan fingerprint density at radius 3 is 2.76 bits per heavy atom. The van der Waals surface area contributed by atoms with Crippen molar-refractivity contribution in [2.75, 3.05) is 30.8 Å². The molecule has 1 rings (SSSR count). The SMILES string of the molecule is CCCNC(=O)CNc1ncnc(NC)c1Br. The largest absolute Gasteiger partial charge is 0.372 e. The summed E-state index contributed by atoms with van der Waals surface area (Å²) in [6, 6.07) is 0. The van der Waals surface area contributed by atoms with E-state index in [9.17, 15) is 4.79 Å². The minimum Gasteiger partial charge on any atom is -0.372 e. The minimum atomic E-state index is -0.0524. The van der Waals surface area contributed by atoms with Gasteiger partial charge in [0.05, 0.1) is 6.54 Å². The van der Waals surface area contributed by atoms with Crippen LogP contribution in [0, 0.1) is 0 Å². The molecule has 3 N–H and O–H groups in total. The number of carbonyl (C=O) groups excluding carboxylic acids is 1. The van der Waals surface area contributed by atoms with Crippen LogP contribution < -0.4 is 16.0 Å². The van der Waals surface area contributed by atoms with Crippen molar-refractivity contribution in [3.8, 4) is 0 Å². The number of hydrogen-bond acceptors (Lipinski definition) is 5. The Morgan fingerprint density at radius 2 is 2.12 bits per heavy atom. The second kappa shape index (κ2) is 7.05. The van der Waals surface area contributed by atoms with Crippen LogP contribution in [0.15, 0.2) is 10.8 Å².